The molecule has 178 valence electrons. The zero-order chi connectivity index (χ0) is 23.8. The SMILES string of the molecule is COc1ccc(C(=O)N(CC(=O)N(Cc2ccccc2)Cc2ccco2)CC2CCCO2)cc1. The summed E-state index contributed by atoms with van der Waals surface area (Å²) in [6.07, 6.45) is 3.36. The Hall–Kier alpha value is -3.58. The number of amides is 2. The second kappa shape index (κ2) is 11.5. The van der Waals surface area contributed by atoms with E-state index >= 15 is 0 Å². The molecule has 1 saturated heterocycles. The van der Waals surface area contributed by atoms with E-state index in [1.807, 2.05) is 36.4 Å². The molecule has 4 rings (SSSR count). The number of carbonyl (C=O) groups excluding carboxylic acids is 2. The van der Waals surface area contributed by atoms with Crippen LogP contribution in [0, 0.1) is 0 Å². The van der Waals surface area contributed by atoms with Gasteiger partial charge in [0.1, 0.15) is 18.1 Å². The lowest BCUT2D eigenvalue weighted by Gasteiger charge is -2.29. The molecule has 0 bridgehead atoms. The highest BCUT2D eigenvalue weighted by atomic mass is 16.5. The number of ether oxygens (including phenoxy) is 2. The van der Waals surface area contributed by atoms with Gasteiger partial charge in [-0.25, -0.2) is 0 Å². The van der Waals surface area contributed by atoms with Crippen LogP contribution in [0.2, 0.25) is 0 Å². The van der Waals surface area contributed by atoms with Gasteiger partial charge in [-0.05, 0) is 54.8 Å². The third-order valence-electron chi connectivity index (χ3n) is 5.89. The van der Waals surface area contributed by atoms with Crippen molar-refractivity contribution in [3.05, 3.63) is 89.9 Å². The molecule has 7 nitrogen and oxygen atoms in total. The summed E-state index contributed by atoms with van der Waals surface area (Å²) < 4.78 is 16.5. The predicted molar refractivity (Wildman–Crippen MR) is 127 cm³/mol. The molecule has 1 fully saturated rings. The Bertz CT molecular complexity index is 1040. The number of carbonyl (C=O) groups is 2. The maximum Gasteiger partial charge on any atom is 0.254 e. The van der Waals surface area contributed by atoms with Gasteiger partial charge in [-0.3, -0.25) is 9.59 Å². The van der Waals surface area contributed by atoms with Crippen LogP contribution in [0.3, 0.4) is 0 Å². The maximum atomic E-state index is 13.5. The lowest BCUT2D eigenvalue weighted by molar-refractivity contribution is -0.133. The van der Waals surface area contributed by atoms with Gasteiger partial charge >= 0.3 is 0 Å². The molecule has 1 unspecified atom stereocenters. The highest BCUT2D eigenvalue weighted by Gasteiger charge is 2.27. The van der Waals surface area contributed by atoms with E-state index in [0.717, 1.165) is 18.4 Å². The van der Waals surface area contributed by atoms with Crippen LogP contribution in [0.25, 0.3) is 0 Å². The minimum atomic E-state index is -0.204. The number of furan rings is 1. The van der Waals surface area contributed by atoms with Crippen LogP contribution in [-0.4, -0.2) is 54.5 Å². The molecule has 0 aliphatic carbocycles. The Morgan fingerprint density at radius 1 is 0.971 bits per heavy atom. The first-order valence-electron chi connectivity index (χ1n) is 11.5. The van der Waals surface area contributed by atoms with Crippen molar-refractivity contribution in [2.24, 2.45) is 0 Å². The zero-order valence-corrected chi connectivity index (χ0v) is 19.4. The maximum absolute atomic E-state index is 13.5. The summed E-state index contributed by atoms with van der Waals surface area (Å²) in [5.41, 5.74) is 1.52. The molecule has 1 aliphatic heterocycles. The Morgan fingerprint density at radius 3 is 2.41 bits per heavy atom. The smallest absolute Gasteiger partial charge is 0.254 e. The molecule has 0 saturated carbocycles. The Kier molecular flexibility index (Phi) is 7.99. The summed E-state index contributed by atoms with van der Waals surface area (Å²) in [5.74, 6) is 1.01. The van der Waals surface area contributed by atoms with Gasteiger partial charge in [-0.1, -0.05) is 30.3 Å². The molecule has 0 N–H and O–H groups in total. The number of methoxy groups -OCH3 is 1. The summed E-state index contributed by atoms with van der Waals surface area (Å²) in [6.45, 7) is 1.76. The summed E-state index contributed by atoms with van der Waals surface area (Å²) in [6, 6.07) is 20.4. The molecule has 1 atom stereocenters. The minimum absolute atomic E-state index is 0.0434. The van der Waals surface area contributed by atoms with Crippen LogP contribution in [0.15, 0.2) is 77.4 Å². The number of benzene rings is 2. The van der Waals surface area contributed by atoms with Crippen LogP contribution < -0.4 is 4.74 Å². The molecule has 0 radical (unpaired) electrons. The van der Waals surface area contributed by atoms with Gasteiger partial charge in [-0.2, -0.15) is 0 Å². The van der Waals surface area contributed by atoms with Gasteiger partial charge in [0, 0.05) is 25.3 Å². The van der Waals surface area contributed by atoms with Crippen molar-refractivity contribution in [2.75, 3.05) is 26.8 Å². The van der Waals surface area contributed by atoms with Crippen molar-refractivity contribution >= 4 is 11.8 Å². The third-order valence-corrected chi connectivity index (χ3v) is 5.89. The van der Waals surface area contributed by atoms with Crippen molar-refractivity contribution < 1.29 is 23.5 Å². The predicted octanol–water partition coefficient (Wildman–Crippen LogP) is 4.14. The van der Waals surface area contributed by atoms with Crippen molar-refractivity contribution in [2.45, 2.75) is 32.0 Å². The second-order valence-electron chi connectivity index (χ2n) is 8.36. The van der Waals surface area contributed by atoms with E-state index in [1.165, 1.54) is 0 Å². The fourth-order valence-electron chi connectivity index (χ4n) is 4.06. The Morgan fingerprint density at radius 2 is 1.76 bits per heavy atom. The molecule has 3 aromatic rings. The van der Waals surface area contributed by atoms with Crippen LogP contribution in [0.4, 0.5) is 0 Å². The fourth-order valence-corrected chi connectivity index (χ4v) is 4.06. The van der Waals surface area contributed by atoms with Crippen molar-refractivity contribution in [1.82, 2.24) is 9.80 Å². The molecule has 2 amide bonds. The van der Waals surface area contributed by atoms with E-state index in [0.29, 0.717) is 43.3 Å². The molecular formula is C27H30N2O5. The zero-order valence-electron chi connectivity index (χ0n) is 19.4. The van der Waals surface area contributed by atoms with Crippen molar-refractivity contribution in [3.63, 3.8) is 0 Å². The molecule has 2 aromatic carbocycles. The standard InChI is InChI=1S/C27H30N2O5/c1-32-23-13-11-22(12-14-23)27(31)29(19-25-10-6-16-34-25)20-26(30)28(18-24-9-5-15-33-24)17-21-7-3-2-4-8-21/h2-5,7-9,11-15,25H,6,10,16-20H2,1H3. The highest BCUT2D eigenvalue weighted by Crippen LogP contribution is 2.18. The summed E-state index contributed by atoms with van der Waals surface area (Å²) in [7, 11) is 1.58. The number of hydrogen-bond donors (Lipinski definition) is 0. The lowest BCUT2D eigenvalue weighted by atomic mass is 10.1. The number of rotatable bonds is 10. The van der Waals surface area contributed by atoms with E-state index in [2.05, 4.69) is 0 Å². The van der Waals surface area contributed by atoms with Gasteiger partial charge in [0.25, 0.3) is 5.91 Å². The second-order valence-corrected chi connectivity index (χ2v) is 8.36. The normalized spacial score (nSPS) is 15.1. The third kappa shape index (κ3) is 6.26. The van der Waals surface area contributed by atoms with Gasteiger partial charge < -0.3 is 23.7 Å². The van der Waals surface area contributed by atoms with E-state index < -0.39 is 0 Å². The summed E-state index contributed by atoms with van der Waals surface area (Å²) in [5, 5.41) is 0. The van der Waals surface area contributed by atoms with E-state index in [-0.39, 0.29) is 24.5 Å². The van der Waals surface area contributed by atoms with Gasteiger partial charge in [0.15, 0.2) is 0 Å². The van der Waals surface area contributed by atoms with Crippen molar-refractivity contribution in [1.29, 1.82) is 0 Å². The summed E-state index contributed by atoms with van der Waals surface area (Å²) in [4.78, 5) is 30.2. The van der Waals surface area contributed by atoms with Gasteiger partial charge in [0.2, 0.25) is 5.91 Å². The van der Waals surface area contributed by atoms with Crippen molar-refractivity contribution in [3.8, 4) is 5.75 Å². The quantitative estimate of drug-likeness (QED) is 0.453. The van der Waals surface area contributed by atoms with E-state index in [4.69, 9.17) is 13.9 Å². The monoisotopic (exact) mass is 462 g/mol. The largest absolute Gasteiger partial charge is 0.497 e. The van der Waals surface area contributed by atoms with E-state index in [9.17, 15) is 9.59 Å². The average molecular weight is 463 g/mol. The first-order valence-corrected chi connectivity index (χ1v) is 11.5. The topological polar surface area (TPSA) is 72.2 Å². The lowest BCUT2D eigenvalue weighted by Crippen LogP contribution is -2.45. The first-order chi connectivity index (χ1) is 16.6. The first kappa shape index (κ1) is 23.6. The van der Waals surface area contributed by atoms with Crippen LogP contribution in [-0.2, 0) is 22.6 Å². The van der Waals surface area contributed by atoms with Crippen LogP contribution in [0.5, 0.6) is 5.75 Å². The average Bonchev–Trinajstić information content (AvgIpc) is 3.58. The molecule has 0 spiro atoms. The van der Waals surface area contributed by atoms with Crippen LogP contribution >= 0.6 is 0 Å². The number of hydrogen-bond acceptors (Lipinski definition) is 5. The molecule has 1 aliphatic rings. The molecule has 1 aromatic heterocycles. The Labute approximate surface area is 199 Å². The van der Waals surface area contributed by atoms with Gasteiger partial charge in [-0.15, -0.1) is 0 Å². The molecular weight excluding hydrogens is 432 g/mol. The van der Waals surface area contributed by atoms with Gasteiger partial charge in [0.05, 0.1) is 26.0 Å². The fraction of sp³-hybridized carbons (Fsp3) is 0.333. The van der Waals surface area contributed by atoms with E-state index in [1.54, 1.807) is 53.5 Å². The minimum Gasteiger partial charge on any atom is -0.497 e. The molecule has 2 heterocycles. The molecule has 7 heteroatoms. The Balaban J connectivity index is 1.53. The van der Waals surface area contributed by atoms with Crippen LogP contribution in [0.1, 0.15) is 34.5 Å². The highest BCUT2D eigenvalue weighted by molar-refractivity contribution is 5.96. The number of nitrogens with zero attached hydrogens (tertiary/aromatic N) is 2. The summed E-state index contributed by atoms with van der Waals surface area (Å²) >= 11 is 0. The molecule has 34 heavy (non-hydrogen) atoms.